The third-order valence-corrected chi connectivity index (χ3v) is 1.83. The summed E-state index contributed by atoms with van der Waals surface area (Å²) in [6, 6.07) is 5.17. The van der Waals surface area contributed by atoms with Gasteiger partial charge in [-0.1, -0.05) is 11.6 Å². The minimum absolute atomic E-state index is 0.282. The van der Waals surface area contributed by atoms with Gasteiger partial charge in [-0.2, -0.15) is 0 Å². The van der Waals surface area contributed by atoms with Crippen molar-refractivity contribution in [2.45, 2.75) is 0 Å². The van der Waals surface area contributed by atoms with Crippen molar-refractivity contribution in [1.82, 2.24) is 10.2 Å². The maximum absolute atomic E-state index is 5.80. The van der Waals surface area contributed by atoms with Crippen LogP contribution in [0.2, 0.25) is 5.15 Å². The summed E-state index contributed by atoms with van der Waals surface area (Å²) in [4.78, 5) is 0. The van der Waals surface area contributed by atoms with Gasteiger partial charge < -0.3 is 10.2 Å². The number of nitrogens with two attached hydrogens (primary N) is 1. The Morgan fingerprint density at radius 3 is 2.92 bits per heavy atom. The standard InChI is InChI=1S/C8H6ClN3O/c9-8-5(4-7(10)11-12-8)6-2-1-3-13-6/h1-4H,(H2,10,11). The van der Waals surface area contributed by atoms with E-state index in [-0.39, 0.29) is 5.15 Å². The molecule has 0 aromatic carbocycles. The first-order chi connectivity index (χ1) is 6.27. The van der Waals surface area contributed by atoms with E-state index in [9.17, 15) is 0 Å². The third kappa shape index (κ3) is 1.48. The summed E-state index contributed by atoms with van der Waals surface area (Å²) in [6.45, 7) is 0. The van der Waals surface area contributed by atoms with Gasteiger partial charge in [-0.25, -0.2) is 0 Å². The molecule has 0 unspecified atom stereocenters. The first-order valence-electron chi connectivity index (χ1n) is 3.60. The molecule has 5 heteroatoms. The fraction of sp³-hybridized carbons (Fsp3) is 0. The van der Waals surface area contributed by atoms with Crippen molar-refractivity contribution in [3.8, 4) is 11.3 Å². The van der Waals surface area contributed by atoms with Crippen molar-refractivity contribution in [3.63, 3.8) is 0 Å². The van der Waals surface area contributed by atoms with E-state index in [1.165, 1.54) is 0 Å². The van der Waals surface area contributed by atoms with Crippen LogP contribution < -0.4 is 5.73 Å². The minimum Gasteiger partial charge on any atom is -0.464 e. The predicted octanol–water partition coefficient (Wildman–Crippen LogP) is 1.97. The average molecular weight is 196 g/mol. The molecule has 0 aliphatic rings. The summed E-state index contributed by atoms with van der Waals surface area (Å²) in [7, 11) is 0. The molecular formula is C8H6ClN3O. The molecule has 2 aromatic heterocycles. The van der Waals surface area contributed by atoms with Crippen LogP contribution in [-0.2, 0) is 0 Å². The third-order valence-electron chi connectivity index (χ3n) is 1.55. The van der Waals surface area contributed by atoms with E-state index in [1.54, 1.807) is 24.5 Å². The largest absolute Gasteiger partial charge is 0.464 e. The molecule has 0 aliphatic heterocycles. The lowest BCUT2D eigenvalue weighted by Crippen LogP contribution is -1.94. The zero-order valence-corrected chi connectivity index (χ0v) is 7.32. The van der Waals surface area contributed by atoms with Crippen LogP contribution in [0.25, 0.3) is 11.3 Å². The number of rotatable bonds is 1. The highest BCUT2D eigenvalue weighted by Crippen LogP contribution is 2.26. The number of hydrogen-bond donors (Lipinski definition) is 1. The molecule has 2 aromatic rings. The van der Waals surface area contributed by atoms with Gasteiger partial charge in [-0.05, 0) is 18.2 Å². The molecule has 0 aliphatic carbocycles. The Morgan fingerprint density at radius 2 is 2.23 bits per heavy atom. The second kappa shape index (κ2) is 3.06. The van der Waals surface area contributed by atoms with Crippen molar-refractivity contribution >= 4 is 17.4 Å². The molecule has 0 saturated heterocycles. The zero-order valence-electron chi connectivity index (χ0n) is 6.57. The molecule has 0 fully saturated rings. The lowest BCUT2D eigenvalue weighted by Gasteiger charge is -1.98. The van der Waals surface area contributed by atoms with Gasteiger partial charge in [0.2, 0.25) is 0 Å². The summed E-state index contributed by atoms with van der Waals surface area (Å²) >= 11 is 5.80. The molecule has 0 spiro atoms. The maximum atomic E-state index is 5.80. The van der Waals surface area contributed by atoms with Gasteiger partial charge in [0.1, 0.15) is 11.6 Å². The normalized spacial score (nSPS) is 10.2. The Kier molecular flexibility index (Phi) is 1.90. The van der Waals surface area contributed by atoms with E-state index in [0.717, 1.165) is 0 Å². The Balaban J connectivity index is 2.57. The molecule has 0 bridgehead atoms. The number of nitrogen functional groups attached to an aromatic ring is 1. The van der Waals surface area contributed by atoms with Gasteiger partial charge in [-0.15, -0.1) is 10.2 Å². The van der Waals surface area contributed by atoms with Gasteiger partial charge >= 0.3 is 0 Å². The van der Waals surface area contributed by atoms with Crippen molar-refractivity contribution in [2.75, 3.05) is 5.73 Å². The van der Waals surface area contributed by atoms with Crippen molar-refractivity contribution in [3.05, 3.63) is 29.6 Å². The highest BCUT2D eigenvalue weighted by molar-refractivity contribution is 6.31. The summed E-state index contributed by atoms with van der Waals surface area (Å²) in [5, 5.41) is 7.55. The fourth-order valence-electron chi connectivity index (χ4n) is 0.996. The smallest absolute Gasteiger partial charge is 0.162 e. The van der Waals surface area contributed by atoms with Crippen LogP contribution in [0.5, 0.6) is 0 Å². The highest BCUT2D eigenvalue weighted by Gasteiger charge is 2.08. The van der Waals surface area contributed by atoms with Crippen LogP contribution in [0.1, 0.15) is 0 Å². The molecule has 0 amide bonds. The molecule has 66 valence electrons. The summed E-state index contributed by atoms with van der Waals surface area (Å²) in [5.41, 5.74) is 6.11. The van der Waals surface area contributed by atoms with Crippen LogP contribution in [0.3, 0.4) is 0 Å². The molecule has 13 heavy (non-hydrogen) atoms. The molecule has 0 atom stereocenters. The van der Waals surface area contributed by atoms with E-state index in [4.69, 9.17) is 21.8 Å². The second-order valence-electron chi connectivity index (χ2n) is 2.45. The number of aromatic nitrogens is 2. The van der Waals surface area contributed by atoms with Crippen molar-refractivity contribution in [1.29, 1.82) is 0 Å². The lowest BCUT2D eigenvalue weighted by molar-refractivity contribution is 0.582. The number of halogens is 1. The van der Waals surface area contributed by atoms with Crippen LogP contribution in [0.4, 0.5) is 5.82 Å². The van der Waals surface area contributed by atoms with Gasteiger partial charge in [0, 0.05) is 0 Å². The number of hydrogen-bond acceptors (Lipinski definition) is 4. The molecule has 2 heterocycles. The number of nitrogens with zero attached hydrogens (tertiary/aromatic N) is 2. The lowest BCUT2D eigenvalue weighted by atomic mass is 10.2. The summed E-state index contributed by atoms with van der Waals surface area (Å²) < 4.78 is 5.15. The van der Waals surface area contributed by atoms with E-state index in [0.29, 0.717) is 17.1 Å². The van der Waals surface area contributed by atoms with E-state index < -0.39 is 0 Å². The average Bonchev–Trinajstić information content (AvgIpc) is 2.61. The summed E-state index contributed by atoms with van der Waals surface area (Å²) in [6.07, 6.45) is 1.56. The highest BCUT2D eigenvalue weighted by atomic mass is 35.5. The second-order valence-corrected chi connectivity index (χ2v) is 2.81. The fourth-order valence-corrected chi connectivity index (χ4v) is 1.18. The zero-order chi connectivity index (χ0) is 9.26. The van der Waals surface area contributed by atoms with E-state index in [2.05, 4.69) is 10.2 Å². The Hall–Kier alpha value is -1.55. The predicted molar refractivity (Wildman–Crippen MR) is 49.2 cm³/mol. The molecule has 0 saturated carbocycles. The number of anilines is 1. The first-order valence-corrected chi connectivity index (χ1v) is 3.98. The molecule has 2 N–H and O–H groups in total. The first kappa shape index (κ1) is 8.07. The SMILES string of the molecule is Nc1cc(-c2ccco2)c(Cl)nn1. The monoisotopic (exact) mass is 195 g/mol. The van der Waals surface area contributed by atoms with Crippen molar-refractivity contribution in [2.24, 2.45) is 0 Å². The van der Waals surface area contributed by atoms with E-state index in [1.807, 2.05) is 0 Å². The van der Waals surface area contributed by atoms with Crippen LogP contribution in [0.15, 0.2) is 28.9 Å². The Labute approximate surface area is 79.3 Å². The maximum Gasteiger partial charge on any atom is 0.162 e. The van der Waals surface area contributed by atoms with Gasteiger partial charge in [-0.3, -0.25) is 0 Å². The van der Waals surface area contributed by atoms with Gasteiger partial charge in [0.05, 0.1) is 11.8 Å². The molecule has 4 nitrogen and oxygen atoms in total. The van der Waals surface area contributed by atoms with Gasteiger partial charge in [0.15, 0.2) is 5.15 Å². The Morgan fingerprint density at radius 1 is 1.38 bits per heavy atom. The quantitative estimate of drug-likeness (QED) is 0.756. The summed E-state index contributed by atoms with van der Waals surface area (Å²) in [5.74, 6) is 0.947. The van der Waals surface area contributed by atoms with Crippen LogP contribution in [-0.4, -0.2) is 10.2 Å². The minimum atomic E-state index is 0.282. The van der Waals surface area contributed by atoms with E-state index >= 15 is 0 Å². The molecule has 2 rings (SSSR count). The van der Waals surface area contributed by atoms with Crippen LogP contribution in [0, 0.1) is 0 Å². The van der Waals surface area contributed by atoms with Crippen LogP contribution >= 0.6 is 11.6 Å². The molecule has 0 radical (unpaired) electrons. The topological polar surface area (TPSA) is 64.9 Å². The van der Waals surface area contributed by atoms with Crippen molar-refractivity contribution < 1.29 is 4.42 Å². The van der Waals surface area contributed by atoms with Gasteiger partial charge in [0.25, 0.3) is 0 Å². The number of furan rings is 1. The molecular weight excluding hydrogens is 190 g/mol. The Bertz CT molecular complexity index is 413.